The Morgan fingerprint density at radius 1 is 0.550 bits per heavy atom. The van der Waals surface area contributed by atoms with E-state index in [4.69, 9.17) is 11.5 Å². The Kier molecular flexibility index (Phi) is 9.54. The molecule has 0 saturated heterocycles. The second-order valence-corrected chi connectivity index (χ2v) is 7.06. The summed E-state index contributed by atoms with van der Waals surface area (Å²) in [5.41, 5.74) is 11.2. The summed E-state index contributed by atoms with van der Waals surface area (Å²) in [7, 11) is 0. The summed E-state index contributed by atoms with van der Waals surface area (Å²) < 4.78 is 0. The molecule has 0 unspecified atom stereocenters. The van der Waals surface area contributed by atoms with E-state index in [0.717, 1.165) is 36.8 Å². The largest absolute Gasteiger partial charge is 0.330 e. The quantitative estimate of drug-likeness (QED) is 0.806. The maximum atomic E-state index is 5.59. The Hall–Kier alpha value is -0.0800. The zero-order chi connectivity index (χ0) is 14.8. The summed E-state index contributed by atoms with van der Waals surface area (Å²) in [5, 5.41) is 0. The Bertz CT molecular complexity index is 165. The van der Waals surface area contributed by atoms with Gasteiger partial charge in [-0.25, -0.2) is 0 Å². The molecule has 2 aliphatic carbocycles. The third-order valence-electron chi connectivity index (χ3n) is 5.75. The second kappa shape index (κ2) is 10.6. The minimum atomic E-state index is 0.850. The van der Waals surface area contributed by atoms with E-state index in [2.05, 4.69) is 13.8 Å². The lowest BCUT2D eigenvalue weighted by atomic mass is 9.81. The molecule has 0 atom stereocenters. The van der Waals surface area contributed by atoms with Gasteiger partial charge in [0.1, 0.15) is 0 Å². The van der Waals surface area contributed by atoms with Crippen LogP contribution in [0.2, 0.25) is 0 Å². The summed E-state index contributed by atoms with van der Waals surface area (Å²) in [6, 6.07) is 0. The van der Waals surface area contributed by atoms with Gasteiger partial charge in [-0.15, -0.1) is 0 Å². The fraction of sp³-hybridized carbons (Fsp3) is 1.00. The molecule has 0 spiro atoms. The smallest absolute Gasteiger partial charge is 0.00489 e. The summed E-state index contributed by atoms with van der Waals surface area (Å²) in [6.45, 7) is 6.42. The van der Waals surface area contributed by atoms with E-state index in [0.29, 0.717) is 0 Å². The molecule has 20 heavy (non-hydrogen) atoms. The standard InChI is InChI=1S/2C9H19N/c2*1-2-8-3-5-9(7-10)6-4-8/h2*8-9H,2-7,10H2,1H3. The molecule has 0 aromatic carbocycles. The average Bonchev–Trinajstić information content (AvgIpc) is 2.55. The average molecular weight is 283 g/mol. The van der Waals surface area contributed by atoms with Crippen molar-refractivity contribution < 1.29 is 0 Å². The summed E-state index contributed by atoms with van der Waals surface area (Å²) in [5.74, 6) is 3.73. The normalized spacial score (nSPS) is 34.2. The summed E-state index contributed by atoms with van der Waals surface area (Å²) >= 11 is 0. The maximum absolute atomic E-state index is 5.59. The van der Waals surface area contributed by atoms with Crippen molar-refractivity contribution in [2.75, 3.05) is 13.1 Å². The van der Waals surface area contributed by atoms with Crippen LogP contribution >= 0.6 is 0 Å². The van der Waals surface area contributed by atoms with Gasteiger partial charge in [-0.2, -0.15) is 0 Å². The van der Waals surface area contributed by atoms with Crippen LogP contribution in [0.1, 0.15) is 78.1 Å². The number of hydrogen-bond donors (Lipinski definition) is 2. The monoisotopic (exact) mass is 282 g/mol. The SMILES string of the molecule is CCC1CCC(CN)CC1.CCC1CCC(CN)CC1. The van der Waals surface area contributed by atoms with Crippen LogP contribution in [-0.4, -0.2) is 13.1 Å². The van der Waals surface area contributed by atoms with Crippen molar-refractivity contribution in [1.82, 2.24) is 0 Å². The fourth-order valence-electron chi connectivity index (χ4n) is 3.75. The Balaban J connectivity index is 0.000000200. The maximum Gasteiger partial charge on any atom is -0.00489 e. The van der Waals surface area contributed by atoms with Crippen molar-refractivity contribution in [1.29, 1.82) is 0 Å². The molecule has 0 aliphatic heterocycles. The van der Waals surface area contributed by atoms with Gasteiger partial charge in [0.2, 0.25) is 0 Å². The van der Waals surface area contributed by atoms with Gasteiger partial charge in [-0.1, -0.05) is 52.4 Å². The predicted octanol–water partition coefficient (Wildman–Crippen LogP) is 4.32. The van der Waals surface area contributed by atoms with Crippen LogP contribution in [-0.2, 0) is 0 Å². The van der Waals surface area contributed by atoms with E-state index in [1.807, 2.05) is 0 Å². The van der Waals surface area contributed by atoms with E-state index >= 15 is 0 Å². The van der Waals surface area contributed by atoms with Crippen LogP contribution in [0.5, 0.6) is 0 Å². The Labute approximate surface area is 127 Å². The molecule has 2 saturated carbocycles. The van der Waals surface area contributed by atoms with Crippen LogP contribution in [0.25, 0.3) is 0 Å². The highest BCUT2D eigenvalue weighted by Gasteiger charge is 2.18. The lowest BCUT2D eigenvalue weighted by Gasteiger charge is -2.26. The Morgan fingerprint density at radius 2 is 0.800 bits per heavy atom. The molecule has 0 bridgehead atoms. The number of hydrogen-bond acceptors (Lipinski definition) is 2. The molecule has 0 aromatic heterocycles. The van der Waals surface area contributed by atoms with Crippen molar-refractivity contribution in [3.8, 4) is 0 Å². The zero-order valence-corrected chi connectivity index (χ0v) is 13.9. The second-order valence-electron chi connectivity index (χ2n) is 7.06. The molecule has 120 valence electrons. The molecule has 4 N–H and O–H groups in total. The summed E-state index contributed by atoms with van der Waals surface area (Å²) in [4.78, 5) is 0. The van der Waals surface area contributed by atoms with Gasteiger partial charge >= 0.3 is 0 Å². The molecule has 0 aromatic rings. The first-order chi connectivity index (χ1) is 9.73. The molecule has 0 radical (unpaired) electrons. The van der Waals surface area contributed by atoms with Crippen LogP contribution in [0.15, 0.2) is 0 Å². The van der Waals surface area contributed by atoms with E-state index in [1.165, 1.54) is 64.2 Å². The molecule has 2 aliphatic rings. The first kappa shape index (κ1) is 18.0. The van der Waals surface area contributed by atoms with E-state index in [9.17, 15) is 0 Å². The van der Waals surface area contributed by atoms with Crippen molar-refractivity contribution in [3.63, 3.8) is 0 Å². The van der Waals surface area contributed by atoms with Crippen molar-refractivity contribution in [2.45, 2.75) is 78.1 Å². The van der Waals surface area contributed by atoms with Gasteiger partial charge in [0.05, 0.1) is 0 Å². The molecule has 2 heteroatoms. The van der Waals surface area contributed by atoms with Gasteiger partial charge in [-0.05, 0) is 62.4 Å². The van der Waals surface area contributed by atoms with Crippen LogP contribution in [0, 0.1) is 23.7 Å². The van der Waals surface area contributed by atoms with Gasteiger partial charge in [-0.3, -0.25) is 0 Å². The first-order valence-corrected chi connectivity index (χ1v) is 9.13. The van der Waals surface area contributed by atoms with E-state index in [1.54, 1.807) is 0 Å². The first-order valence-electron chi connectivity index (χ1n) is 9.13. The fourth-order valence-corrected chi connectivity index (χ4v) is 3.75. The minimum Gasteiger partial charge on any atom is -0.330 e. The molecule has 2 rings (SSSR count). The lowest BCUT2D eigenvalue weighted by Crippen LogP contribution is -2.20. The van der Waals surface area contributed by atoms with Gasteiger partial charge < -0.3 is 11.5 Å². The Morgan fingerprint density at radius 3 is 1.00 bits per heavy atom. The van der Waals surface area contributed by atoms with E-state index in [-0.39, 0.29) is 0 Å². The zero-order valence-electron chi connectivity index (χ0n) is 13.9. The predicted molar refractivity (Wildman–Crippen MR) is 89.6 cm³/mol. The third kappa shape index (κ3) is 6.58. The van der Waals surface area contributed by atoms with Gasteiger partial charge in [0.25, 0.3) is 0 Å². The highest BCUT2D eigenvalue weighted by molar-refractivity contribution is 4.72. The molecule has 2 nitrogen and oxygen atoms in total. The summed E-state index contributed by atoms with van der Waals surface area (Å²) in [6.07, 6.45) is 14.0. The molecule has 0 heterocycles. The van der Waals surface area contributed by atoms with Gasteiger partial charge in [0, 0.05) is 0 Å². The van der Waals surface area contributed by atoms with Crippen molar-refractivity contribution in [3.05, 3.63) is 0 Å². The molecular formula is C18H38N2. The third-order valence-corrected chi connectivity index (χ3v) is 5.75. The van der Waals surface area contributed by atoms with Crippen molar-refractivity contribution in [2.24, 2.45) is 35.1 Å². The minimum absolute atomic E-state index is 0.850. The molecule has 0 amide bonds. The van der Waals surface area contributed by atoms with Gasteiger partial charge in [0.15, 0.2) is 0 Å². The number of rotatable bonds is 4. The molecule has 2 fully saturated rings. The topological polar surface area (TPSA) is 52.0 Å². The van der Waals surface area contributed by atoms with Crippen LogP contribution in [0.4, 0.5) is 0 Å². The highest BCUT2D eigenvalue weighted by Crippen LogP contribution is 2.30. The number of nitrogens with two attached hydrogens (primary N) is 2. The van der Waals surface area contributed by atoms with E-state index < -0.39 is 0 Å². The highest BCUT2D eigenvalue weighted by atomic mass is 14.6. The van der Waals surface area contributed by atoms with Crippen LogP contribution < -0.4 is 11.5 Å². The van der Waals surface area contributed by atoms with Crippen LogP contribution in [0.3, 0.4) is 0 Å². The van der Waals surface area contributed by atoms with Crippen molar-refractivity contribution >= 4 is 0 Å². The lowest BCUT2D eigenvalue weighted by molar-refractivity contribution is 0.274. The molecular weight excluding hydrogens is 244 g/mol.